The second-order valence-electron chi connectivity index (χ2n) is 5.55. The van der Waals surface area contributed by atoms with Gasteiger partial charge in [-0.15, -0.1) is 0 Å². The average Bonchev–Trinajstić information content (AvgIpc) is 2.91. The number of nitrogens with one attached hydrogen (secondary N) is 2. The van der Waals surface area contributed by atoms with Gasteiger partial charge in [-0.25, -0.2) is 4.79 Å². The summed E-state index contributed by atoms with van der Waals surface area (Å²) in [6.07, 6.45) is 3.27. The predicted octanol–water partition coefficient (Wildman–Crippen LogP) is 3.02. The van der Waals surface area contributed by atoms with E-state index >= 15 is 0 Å². The van der Waals surface area contributed by atoms with Gasteiger partial charge >= 0.3 is 12.6 Å². The number of carbonyl (C=O) groups excluding carboxylic acids is 1. The number of halogens is 2. The first-order valence-corrected chi connectivity index (χ1v) is 7.20. The van der Waals surface area contributed by atoms with Gasteiger partial charge in [0.1, 0.15) is 5.75 Å². The fraction of sp³-hybridized carbons (Fsp3) is 0.533. The van der Waals surface area contributed by atoms with Gasteiger partial charge < -0.3 is 20.5 Å². The highest BCUT2D eigenvalue weighted by atomic mass is 19.3. The maximum absolute atomic E-state index is 12.4. The molecule has 1 aromatic carbocycles. The van der Waals surface area contributed by atoms with Gasteiger partial charge in [0.25, 0.3) is 0 Å². The van der Waals surface area contributed by atoms with Crippen molar-refractivity contribution in [1.29, 1.82) is 0 Å². The molecule has 122 valence electrons. The van der Waals surface area contributed by atoms with Gasteiger partial charge in [0.2, 0.25) is 0 Å². The van der Waals surface area contributed by atoms with Crippen LogP contribution in [0.5, 0.6) is 5.75 Å². The first kappa shape index (κ1) is 16.5. The van der Waals surface area contributed by atoms with Crippen LogP contribution < -0.4 is 15.4 Å². The van der Waals surface area contributed by atoms with E-state index < -0.39 is 18.2 Å². The van der Waals surface area contributed by atoms with Crippen LogP contribution in [0.2, 0.25) is 0 Å². The summed E-state index contributed by atoms with van der Waals surface area (Å²) in [6, 6.07) is 4.09. The second kappa shape index (κ2) is 6.91. The molecule has 1 aliphatic carbocycles. The lowest BCUT2D eigenvalue weighted by atomic mass is 9.99. The summed E-state index contributed by atoms with van der Waals surface area (Å²) < 4.78 is 29.3. The Balaban J connectivity index is 2.11. The third-order valence-electron chi connectivity index (χ3n) is 3.93. The molecule has 0 aromatic heterocycles. The summed E-state index contributed by atoms with van der Waals surface area (Å²) >= 11 is 0. The standard InChI is InChI=1S/C15H20F2N2O3/c1-10-5-4-6-11(22-13(16)17)12(10)18-14(21)19-15(9-20)7-2-3-8-15/h4-6,13,20H,2-3,7-9H2,1H3,(H2,18,19,21). The predicted molar refractivity (Wildman–Crippen MR) is 78.3 cm³/mol. The largest absolute Gasteiger partial charge is 0.433 e. The Morgan fingerprint density at radius 1 is 1.41 bits per heavy atom. The SMILES string of the molecule is Cc1cccc(OC(F)F)c1NC(=O)NC1(CO)CCCC1. The molecule has 0 saturated heterocycles. The highest BCUT2D eigenvalue weighted by Crippen LogP contribution is 2.31. The molecule has 1 aromatic rings. The monoisotopic (exact) mass is 314 g/mol. The topological polar surface area (TPSA) is 70.6 Å². The molecule has 0 unspecified atom stereocenters. The van der Waals surface area contributed by atoms with Crippen molar-refractivity contribution in [1.82, 2.24) is 5.32 Å². The Bertz CT molecular complexity index is 532. The number of aliphatic hydroxyl groups is 1. The van der Waals surface area contributed by atoms with Crippen LogP contribution in [0.25, 0.3) is 0 Å². The van der Waals surface area contributed by atoms with Gasteiger partial charge in [0, 0.05) is 0 Å². The number of aliphatic hydroxyl groups excluding tert-OH is 1. The lowest BCUT2D eigenvalue weighted by Crippen LogP contribution is -2.50. The number of urea groups is 1. The summed E-state index contributed by atoms with van der Waals surface area (Å²) in [5.74, 6) is -0.0883. The number of hydrogen-bond acceptors (Lipinski definition) is 3. The zero-order valence-corrected chi connectivity index (χ0v) is 12.4. The molecule has 0 aliphatic heterocycles. The molecular weight excluding hydrogens is 294 g/mol. The highest BCUT2D eigenvalue weighted by Gasteiger charge is 2.34. The summed E-state index contributed by atoms with van der Waals surface area (Å²) in [7, 11) is 0. The van der Waals surface area contributed by atoms with Crippen LogP contribution in [0, 0.1) is 6.92 Å². The summed E-state index contributed by atoms with van der Waals surface area (Å²) in [5.41, 5.74) is 0.181. The summed E-state index contributed by atoms with van der Waals surface area (Å²) in [6.45, 7) is -1.43. The average molecular weight is 314 g/mol. The summed E-state index contributed by atoms with van der Waals surface area (Å²) in [4.78, 5) is 12.1. The molecule has 0 atom stereocenters. The van der Waals surface area contributed by atoms with E-state index in [9.17, 15) is 18.7 Å². The van der Waals surface area contributed by atoms with Crippen molar-refractivity contribution < 1.29 is 23.4 Å². The third-order valence-corrected chi connectivity index (χ3v) is 3.93. The second-order valence-corrected chi connectivity index (χ2v) is 5.55. The first-order valence-electron chi connectivity index (χ1n) is 7.20. The van der Waals surface area contributed by atoms with E-state index in [-0.39, 0.29) is 18.0 Å². The van der Waals surface area contributed by atoms with Gasteiger partial charge in [-0.3, -0.25) is 0 Å². The molecule has 0 heterocycles. The van der Waals surface area contributed by atoms with Crippen molar-refractivity contribution in [3.8, 4) is 5.75 Å². The molecule has 1 aliphatic rings. The molecule has 2 amide bonds. The quantitative estimate of drug-likeness (QED) is 0.782. The molecular formula is C15H20F2N2O3. The van der Waals surface area contributed by atoms with Crippen LogP contribution in [0.4, 0.5) is 19.3 Å². The molecule has 7 heteroatoms. The van der Waals surface area contributed by atoms with Crippen molar-refractivity contribution in [2.75, 3.05) is 11.9 Å². The van der Waals surface area contributed by atoms with Gasteiger partial charge in [-0.05, 0) is 31.4 Å². The van der Waals surface area contributed by atoms with Crippen LogP contribution in [0.3, 0.4) is 0 Å². The van der Waals surface area contributed by atoms with Gasteiger partial charge in [-0.2, -0.15) is 8.78 Å². The van der Waals surface area contributed by atoms with E-state index in [0.717, 1.165) is 12.8 Å². The van der Waals surface area contributed by atoms with E-state index in [1.807, 2.05) is 0 Å². The third kappa shape index (κ3) is 3.85. The molecule has 2 rings (SSSR count). The molecule has 0 spiro atoms. The minimum absolute atomic E-state index is 0.0883. The Morgan fingerprint density at radius 2 is 2.09 bits per heavy atom. The number of alkyl halides is 2. The van der Waals surface area contributed by atoms with Crippen LogP contribution in [0.15, 0.2) is 18.2 Å². The van der Waals surface area contributed by atoms with Crippen molar-refractivity contribution in [2.45, 2.75) is 44.8 Å². The number of para-hydroxylation sites is 1. The zero-order chi connectivity index (χ0) is 16.2. The molecule has 0 bridgehead atoms. The van der Waals surface area contributed by atoms with Crippen molar-refractivity contribution in [2.24, 2.45) is 0 Å². The fourth-order valence-electron chi connectivity index (χ4n) is 2.76. The van der Waals surface area contributed by atoms with Crippen LogP contribution >= 0.6 is 0 Å². The van der Waals surface area contributed by atoms with E-state index in [2.05, 4.69) is 15.4 Å². The minimum Gasteiger partial charge on any atom is -0.433 e. The van der Waals surface area contributed by atoms with Crippen molar-refractivity contribution in [3.63, 3.8) is 0 Å². The van der Waals surface area contributed by atoms with E-state index in [1.54, 1.807) is 19.1 Å². The van der Waals surface area contributed by atoms with Gasteiger partial charge in [0.15, 0.2) is 0 Å². The lowest BCUT2D eigenvalue weighted by molar-refractivity contribution is -0.0493. The first-order chi connectivity index (χ1) is 10.5. The molecule has 1 fully saturated rings. The van der Waals surface area contributed by atoms with Crippen LogP contribution in [-0.2, 0) is 0 Å². The Hall–Kier alpha value is -1.89. The van der Waals surface area contributed by atoms with Crippen molar-refractivity contribution in [3.05, 3.63) is 23.8 Å². The maximum atomic E-state index is 12.4. The number of aryl methyl sites for hydroxylation is 1. The Kier molecular flexibility index (Phi) is 5.18. The molecule has 22 heavy (non-hydrogen) atoms. The van der Waals surface area contributed by atoms with Gasteiger partial charge in [-0.1, -0.05) is 25.0 Å². The molecule has 5 nitrogen and oxygen atoms in total. The number of anilines is 1. The van der Waals surface area contributed by atoms with E-state index in [1.165, 1.54) is 6.07 Å². The Morgan fingerprint density at radius 3 is 2.68 bits per heavy atom. The molecule has 1 saturated carbocycles. The smallest absolute Gasteiger partial charge is 0.387 e. The van der Waals surface area contributed by atoms with E-state index in [0.29, 0.717) is 18.4 Å². The number of amides is 2. The highest BCUT2D eigenvalue weighted by molar-refractivity contribution is 5.92. The number of benzene rings is 1. The summed E-state index contributed by atoms with van der Waals surface area (Å²) in [5, 5.41) is 14.8. The number of rotatable bonds is 5. The van der Waals surface area contributed by atoms with Crippen molar-refractivity contribution >= 4 is 11.7 Å². The van der Waals surface area contributed by atoms with E-state index in [4.69, 9.17) is 0 Å². The normalized spacial score (nSPS) is 16.6. The minimum atomic E-state index is -2.97. The van der Waals surface area contributed by atoms with Gasteiger partial charge in [0.05, 0.1) is 17.8 Å². The molecule has 3 N–H and O–H groups in total. The number of hydrogen-bond donors (Lipinski definition) is 3. The maximum Gasteiger partial charge on any atom is 0.387 e. The fourth-order valence-corrected chi connectivity index (χ4v) is 2.76. The Labute approximate surface area is 127 Å². The van der Waals surface area contributed by atoms with Crippen LogP contribution in [-0.4, -0.2) is 29.9 Å². The molecule has 0 radical (unpaired) electrons. The number of ether oxygens (including phenoxy) is 1. The number of carbonyl (C=O) groups is 1. The lowest BCUT2D eigenvalue weighted by Gasteiger charge is -2.28. The van der Waals surface area contributed by atoms with Crippen LogP contribution in [0.1, 0.15) is 31.2 Å². The zero-order valence-electron chi connectivity index (χ0n) is 12.4.